The maximum atomic E-state index is 5.68. The van der Waals surface area contributed by atoms with Gasteiger partial charge in [-0.15, -0.1) is 0 Å². The second-order valence-electron chi connectivity index (χ2n) is 5.68. The van der Waals surface area contributed by atoms with Crippen molar-refractivity contribution in [2.45, 2.75) is 46.6 Å². The van der Waals surface area contributed by atoms with Crippen LogP contribution < -0.4 is 0 Å². The van der Waals surface area contributed by atoms with E-state index in [4.69, 9.17) is 8.94 Å². The molecule has 2 aromatic rings. The highest BCUT2D eigenvalue weighted by molar-refractivity contribution is 5.20. The first-order valence-electron chi connectivity index (χ1n) is 7.14. The number of aryl methyl sites for hydroxylation is 3. The first kappa shape index (κ1) is 14.9. The first-order chi connectivity index (χ1) is 9.47. The lowest BCUT2D eigenvalue weighted by Crippen LogP contribution is -2.21. The van der Waals surface area contributed by atoms with Gasteiger partial charge in [0.2, 0.25) is 0 Å². The minimum absolute atomic E-state index is 0.441. The lowest BCUT2D eigenvalue weighted by molar-refractivity contribution is 0.302. The van der Waals surface area contributed by atoms with Gasteiger partial charge in [0.25, 0.3) is 0 Å². The van der Waals surface area contributed by atoms with Crippen molar-refractivity contribution in [3.8, 4) is 0 Å². The zero-order chi connectivity index (χ0) is 14.7. The zero-order valence-corrected chi connectivity index (χ0v) is 13.1. The number of hydrogen-bond acceptors (Lipinski definition) is 4. The fraction of sp³-hybridized carbons (Fsp3) is 0.562. The molecule has 0 fully saturated rings. The van der Waals surface area contributed by atoms with Gasteiger partial charge in [-0.3, -0.25) is 0 Å². The summed E-state index contributed by atoms with van der Waals surface area (Å²) >= 11 is 0. The maximum Gasteiger partial charge on any atom is 0.138 e. The smallest absolute Gasteiger partial charge is 0.138 e. The molecule has 0 amide bonds. The summed E-state index contributed by atoms with van der Waals surface area (Å²) in [5.74, 6) is 3.42. The van der Waals surface area contributed by atoms with Crippen LogP contribution >= 0.6 is 0 Å². The van der Waals surface area contributed by atoms with Crippen molar-refractivity contribution in [1.82, 2.24) is 10.1 Å². The maximum absolute atomic E-state index is 5.68. The van der Waals surface area contributed by atoms with Crippen molar-refractivity contribution in [3.63, 3.8) is 0 Å². The van der Waals surface area contributed by atoms with Crippen molar-refractivity contribution >= 4 is 0 Å². The van der Waals surface area contributed by atoms with Gasteiger partial charge in [0.1, 0.15) is 17.3 Å². The third kappa shape index (κ3) is 3.51. The van der Waals surface area contributed by atoms with Crippen molar-refractivity contribution < 1.29 is 8.94 Å². The normalized spacial score (nSPS) is 13.1. The van der Waals surface area contributed by atoms with Crippen LogP contribution in [0.3, 0.4) is 0 Å². The summed E-state index contributed by atoms with van der Waals surface area (Å²) in [5.41, 5.74) is 2.19. The average molecular weight is 276 g/mol. The third-order valence-corrected chi connectivity index (χ3v) is 3.80. The average Bonchev–Trinajstić information content (AvgIpc) is 2.97. The fourth-order valence-electron chi connectivity index (χ4n) is 2.35. The topological polar surface area (TPSA) is 42.4 Å². The largest absolute Gasteiger partial charge is 0.466 e. The Hall–Kier alpha value is -1.55. The van der Waals surface area contributed by atoms with Gasteiger partial charge >= 0.3 is 0 Å². The molecule has 0 N–H and O–H groups in total. The van der Waals surface area contributed by atoms with Gasteiger partial charge in [-0.2, -0.15) is 0 Å². The Morgan fingerprint density at radius 1 is 1.25 bits per heavy atom. The molecule has 0 saturated carbocycles. The molecule has 0 aliphatic rings. The monoisotopic (exact) mass is 276 g/mol. The first-order valence-corrected chi connectivity index (χ1v) is 7.14. The van der Waals surface area contributed by atoms with Crippen molar-refractivity contribution in [2.75, 3.05) is 13.6 Å². The second kappa shape index (κ2) is 6.27. The standard InChI is InChI=1S/C16H24N2O2/c1-11(16-7-6-12(2)19-16)8-9-18(5)10-15-13(3)17-20-14(15)4/h6-7,11H,8-10H2,1-5H3/t11-/m0/s1. The third-order valence-electron chi connectivity index (χ3n) is 3.80. The molecule has 0 saturated heterocycles. The van der Waals surface area contributed by atoms with Crippen LogP contribution in [0.25, 0.3) is 0 Å². The SMILES string of the molecule is Cc1ccc([C@@H](C)CCN(C)Cc2c(C)noc2C)o1. The van der Waals surface area contributed by atoms with E-state index in [-0.39, 0.29) is 0 Å². The molecule has 20 heavy (non-hydrogen) atoms. The zero-order valence-electron chi connectivity index (χ0n) is 13.1. The molecule has 0 bridgehead atoms. The van der Waals surface area contributed by atoms with Crippen LogP contribution in [-0.4, -0.2) is 23.6 Å². The number of hydrogen-bond donors (Lipinski definition) is 0. The summed E-state index contributed by atoms with van der Waals surface area (Å²) in [6.45, 7) is 10.1. The van der Waals surface area contributed by atoms with E-state index >= 15 is 0 Å². The molecule has 0 spiro atoms. The molecule has 2 rings (SSSR count). The van der Waals surface area contributed by atoms with E-state index in [2.05, 4.69) is 30.1 Å². The highest BCUT2D eigenvalue weighted by atomic mass is 16.5. The van der Waals surface area contributed by atoms with Gasteiger partial charge in [0.05, 0.1) is 5.69 Å². The molecule has 0 aliphatic heterocycles. The van der Waals surface area contributed by atoms with E-state index < -0.39 is 0 Å². The Labute approximate surface area is 120 Å². The number of aromatic nitrogens is 1. The summed E-state index contributed by atoms with van der Waals surface area (Å²) in [6.07, 6.45) is 1.08. The van der Waals surface area contributed by atoms with Gasteiger partial charge < -0.3 is 13.8 Å². The van der Waals surface area contributed by atoms with E-state index in [1.165, 1.54) is 5.56 Å². The predicted molar refractivity (Wildman–Crippen MR) is 78.8 cm³/mol. The lowest BCUT2D eigenvalue weighted by Gasteiger charge is -2.18. The molecular weight excluding hydrogens is 252 g/mol. The Bertz CT molecular complexity index is 537. The van der Waals surface area contributed by atoms with Crippen LogP contribution in [0, 0.1) is 20.8 Å². The summed E-state index contributed by atoms with van der Waals surface area (Å²) in [7, 11) is 2.13. The van der Waals surface area contributed by atoms with Crippen LogP contribution in [0.2, 0.25) is 0 Å². The summed E-state index contributed by atoms with van der Waals surface area (Å²) in [6, 6.07) is 4.10. The van der Waals surface area contributed by atoms with Crippen LogP contribution in [0.15, 0.2) is 21.1 Å². The van der Waals surface area contributed by atoms with Gasteiger partial charge in [0, 0.05) is 18.0 Å². The molecule has 2 aromatic heterocycles. The molecule has 1 atom stereocenters. The fourth-order valence-corrected chi connectivity index (χ4v) is 2.35. The number of rotatable bonds is 6. The minimum Gasteiger partial charge on any atom is -0.466 e. The van der Waals surface area contributed by atoms with Crippen molar-refractivity contribution in [1.29, 1.82) is 0 Å². The summed E-state index contributed by atoms with van der Waals surface area (Å²) < 4.78 is 10.9. The van der Waals surface area contributed by atoms with E-state index in [0.717, 1.165) is 42.5 Å². The van der Waals surface area contributed by atoms with E-state index in [9.17, 15) is 0 Å². The van der Waals surface area contributed by atoms with Crippen LogP contribution in [0.1, 0.15) is 47.8 Å². The lowest BCUT2D eigenvalue weighted by atomic mass is 10.0. The van der Waals surface area contributed by atoms with E-state index in [1.807, 2.05) is 26.8 Å². The molecule has 110 valence electrons. The Morgan fingerprint density at radius 3 is 2.55 bits per heavy atom. The quantitative estimate of drug-likeness (QED) is 0.804. The molecule has 2 heterocycles. The van der Waals surface area contributed by atoms with Gasteiger partial charge in [-0.25, -0.2) is 0 Å². The molecule has 0 aromatic carbocycles. The molecule has 4 nitrogen and oxygen atoms in total. The van der Waals surface area contributed by atoms with E-state index in [1.54, 1.807) is 0 Å². The molecule has 0 unspecified atom stereocenters. The molecule has 4 heteroatoms. The van der Waals surface area contributed by atoms with Gasteiger partial charge in [-0.1, -0.05) is 12.1 Å². The van der Waals surface area contributed by atoms with Crippen LogP contribution in [-0.2, 0) is 6.54 Å². The highest BCUT2D eigenvalue weighted by Crippen LogP contribution is 2.22. The van der Waals surface area contributed by atoms with Gasteiger partial charge in [0.15, 0.2) is 0 Å². The summed E-state index contributed by atoms with van der Waals surface area (Å²) in [5, 5.41) is 4.00. The number of nitrogens with zero attached hydrogens (tertiary/aromatic N) is 2. The predicted octanol–water partition coefficient (Wildman–Crippen LogP) is 3.82. The molecular formula is C16H24N2O2. The minimum atomic E-state index is 0.441. The van der Waals surface area contributed by atoms with Crippen LogP contribution in [0.4, 0.5) is 0 Å². The Balaban J connectivity index is 1.85. The highest BCUT2D eigenvalue weighted by Gasteiger charge is 2.14. The molecule has 0 radical (unpaired) electrons. The van der Waals surface area contributed by atoms with Gasteiger partial charge in [-0.05, 0) is 52.9 Å². The van der Waals surface area contributed by atoms with Crippen molar-refractivity contribution in [3.05, 3.63) is 40.7 Å². The van der Waals surface area contributed by atoms with E-state index in [0.29, 0.717) is 5.92 Å². The summed E-state index contributed by atoms with van der Waals surface area (Å²) in [4.78, 5) is 2.30. The second-order valence-corrected chi connectivity index (χ2v) is 5.68. The molecule has 0 aliphatic carbocycles. The number of furan rings is 1. The van der Waals surface area contributed by atoms with Crippen molar-refractivity contribution in [2.24, 2.45) is 0 Å². The Morgan fingerprint density at radius 2 is 2.00 bits per heavy atom. The Kier molecular flexibility index (Phi) is 4.65. The van der Waals surface area contributed by atoms with Crippen LogP contribution in [0.5, 0.6) is 0 Å².